The average Bonchev–Trinajstić information content (AvgIpc) is 3.18. The maximum atomic E-state index is 7.64. The van der Waals surface area contributed by atoms with Crippen LogP contribution in [0.3, 0.4) is 0 Å². The van der Waals surface area contributed by atoms with Crippen LogP contribution in [0, 0.1) is 27.3 Å². The normalized spacial score (nSPS) is 14.1. The fraction of sp³-hybridized carbons (Fsp3) is 0.138. The van der Waals surface area contributed by atoms with Gasteiger partial charge in [-0.3, -0.25) is 0 Å². The quantitative estimate of drug-likeness (QED) is 0.239. The highest BCUT2D eigenvalue weighted by molar-refractivity contribution is 5.96. The standard InChI is InChI=1S/C29H21N/c1-17-5-9-21-22-10-6-18(2)14-26(22)29(25(21)13-17)27-15-19(3)7-11-23(27)24-12-8-20(30-4)16-28(24)29/h5-16H,1-3H3. The first kappa shape index (κ1) is 17.2. The Labute approximate surface area is 177 Å². The van der Waals surface area contributed by atoms with Gasteiger partial charge >= 0.3 is 0 Å². The van der Waals surface area contributed by atoms with Crippen molar-refractivity contribution in [2.45, 2.75) is 26.2 Å². The van der Waals surface area contributed by atoms with Gasteiger partial charge in [0.05, 0.1) is 12.0 Å². The highest BCUT2D eigenvalue weighted by atomic mass is 14.6. The Balaban J connectivity index is 1.88. The van der Waals surface area contributed by atoms with E-state index in [0.717, 1.165) is 0 Å². The minimum Gasteiger partial charge on any atom is -0.238 e. The van der Waals surface area contributed by atoms with E-state index in [-0.39, 0.29) is 5.41 Å². The summed E-state index contributed by atoms with van der Waals surface area (Å²) >= 11 is 0. The van der Waals surface area contributed by atoms with Crippen molar-refractivity contribution in [1.82, 2.24) is 0 Å². The molecular weight excluding hydrogens is 362 g/mol. The largest absolute Gasteiger partial charge is 0.238 e. The van der Waals surface area contributed by atoms with Crippen LogP contribution in [0.15, 0.2) is 72.8 Å². The molecule has 0 unspecified atom stereocenters. The van der Waals surface area contributed by atoms with Crippen LogP contribution in [0.2, 0.25) is 0 Å². The van der Waals surface area contributed by atoms with E-state index in [1.165, 1.54) is 61.2 Å². The molecule has 0 saturated heterocycles. The lowest BCUT2D eigenvalue weighted by molar-refractivity contribution is 0.791. The molecule has 0 fully saturated rings. The Morgan fingerprint density at radius 1 is 0.533 bits per heavy atom. The summed E-state index contributed by atoms with van der Waals surface area (Å²) in [6.45, 7) is 14.2. The van der Waals surface area contributed by atoms with Gasteiger partial charge in [-0.25, -0.2) is 4.85 Å². The third-order valence-corrected chi connectivity index (χ3v) is 6.85. The molecular formula is C29H21N. The molecule has 1 nitrogen and oxygen atoms in total. The van der Waals surface area contributed by atoms with Crippen molar-refractivity contribution < 1.29 is 0 Å². The Hall–Kier alpha value is -3.63. The molecule has 0 aromatic heterocycles. The van der Waals surface area contributed by atoms with Gasteiger partial charge in [0.15, 0.2) is 5.69 Å². The van der Waals surface area contributed by atoms with Crippen LogP contribution in [0.1, 0.15) is 38.9 Å². The second-order valence-electron chi connectivity index (χ2n) is 8.74. The van der Waals surface area contributed by atoms with Gasteiger partial charge in [-0.1, -0.05) is 89.5 Å². The Bertz CT molecular complexity index is 1360. The summed E-state index contributed by atoms with van der Waals surface area (Å²) in [7, 11) is 0. The molecule has 0 heterocycles. The zero-order valence-corrected chi connectivity index (χ0v) is 17.4. The highest BCUT2D eigenvalue weighted by Gasteiger charge is 2.51. The summed E-state index contributed by atoms with van der Waals surface area (Å²) in [4.78, 5) is 3.78. The topological polar surface area (TPSA) is 4.36 Å². The van der Waals surface area contributed by atoms with Gasteiger partial charge in [0, 0.05) is 0 Å². The van der Waals surface area contributed by atoms with Crippen molar-refractivity contribution in [3.05, 3.63) is 123 Å². The zero-order valence-electron chi connectivity index (χ0n) is 17.4. The molecule has 6 rings (SSSR count). The number of fused-ring (bicyclic) bond motifs is 10. The maximum absolute atomic E-state index is 7.64. The van der Waals surface area contributed by atoms with Gasteiger partial charge in [0.25, 0.3) is 0 Å². The number of hydrogen-bond donors (Lipinski definition) is 0. The van der Waals surface area contributed by atoms with Crippen molar-refractivity contribution in [3.63, 3.8) is 0 Å². The van der Waals surface area contributed by atoms with Gasteiger partial charge in [0.1, 0.15) is 0 Å². The SMILES string of the molecule is [C-]#[N+]c1ccc2c(c1)C1(c3cc(C)ccc3-c3ccc(C)cc31)c1cc(C)ccc1-2. The number of hydrogen-bond acceptors (Lipinski definition) is 0. The van der Waals surface area contributed by atoms with Gasteiger partial charge in [-0.05, 0) is 65.3 Å². The predicted molar refractivity (Wildman–Crippen MR) is 123 cm³/mol. The van der Waals surface area contributed by atoms with E-state index >= 15 is 0 Å². The van der Waals surface area contributed by atoms with E-state index in [2.05, 4.69) is 92.3 Å². The second kappa shape index (κ2) is 5.71. The lowest BCUT2D eigenvalue weighted by Gasteiger charge is -2.31. The molecule has 4 aromatic carbocycles. The Morgan fingerprint density at radius 2 is 0.900 bits per heavy atom. The van der Waals surface area contributed by atoms with Crippen LogP contribution < -0.4 is 0 Å². The van der Waals surface area contributed by atoms with Crippen LogP contribution in [0.5, 0.6) is 0 Å². The first-order chi connectivity index (χ1) is 14.5. The van der Waals surface area contributed by atoms with Gasteiger partial charge in [0.2, 0.25) is 0 Å². The summed E-state index contributed by atoms with van der Waals surface area (Å²) in [6, 6.07) is 26.7. The van der Waals surface area contributed by atoms with Crippen molar-refractivity contribution in [2.75, 3.05) is 0 Å². The summed E-state index contributed by atoms with van der Waals surface area (Å²) in [5, 5.41) is 0. The van der Waals surface area contributed by atoms with Crippen LogP contribution in [0.4, 0.5) is 5.69 Å². The Morgan fingerprint density at radius 3 is 1.30 bits per heavy atom. The summed E-state index contributed by atoms with van der Waals surface area (Å²) in [5.41, 5.74) is 14.6. The lowest BCUT2D eigenvalue weighted by atomic mass is 9.70. The highest BCUT2D eigenvalue weighted by Crippen LogP contribution is 2.63. The Kier molecular flexibility index (Phi) is 3.28. The van der Waals surface area contributed by atoms with E-state index in [1.807, 2.05) is 6.07 Å². The fourth-order valence-electron chi connectivity index (χ4n) is 5.63. The third kappa shape index (κ3) is 1.96. The lowest BCUT2D eigenvalue weighted by Crippen LogP contribution is -2.26. The number of benzene rings is 4. The molecule has 0 radical (unpaired) electrons. The summed E-state index contributed by atoms with van der Waals surface area (Å²) in [6.07, 6.45) is 0. The van der Waals surface area contributed by atoms with Gasteiger partial charge < -0.3 is 0 Å². The molecule has 2 aliphatic carbocycles. The molecule has 0 bridgehead atoms. The molecule has 2 aliphatic rings. The van der Waals surface area contributed by atoms with Gasteiger partial charge in [-0.2, -0.15) is 0 Å². The van der Waals surface area contributed by atoms with Gasteiger partial charge in [-0.15, -0.1) is 0 Å². The monoisotopic (exact) mass is 383 g/mol. The minimum atomic E-state index is -0.361. The first-order valence-corrected chi connectivity index (χ1v) is 10.4. The van der Waals surface area contributed by atoms with E-state index in [4.69, 9.17) is 6.57 Å². The fourth-order valence-corrected chi connectivity index (χ4v) is 5.63. The zero-order chi connectivity index (χ0) is 20.6. The maximum Gasteiger partial charge on any atom is 0.187 e. The van der Waals surface area contributed by atoms with Crippen LogP contribution in [-0.4, -0.2) is 0 Å². The van der Waals surface area contributed by atoms with Crippen molar-refractivity contribution in [3.8, 4) is 22.3 Å². The van der Waals surface area contributed by atoms with Crippen LogP contribution in [-0.2, 0) is 5.41 Å². The number of nitrogens with zero attached hydrogens (tertiary/aromatic N) is 1. The van der Waals surface area contributed by atoms with Crippen molar-refractivity contribution in [1.29, 1.82) is 0 Å². The molecule has 0 atom stereocenters. The average molecular weight is 383 g/mol. The molecule has 0 N–H and O–H groups in total. The number of rotatable bonds is 0. The first-order valence-electron chi connectivity index (χ1n) is 10.4. The molecule has 0 aliphatic heterocycles. The van der Waals surface area contributed by atoms with E-state index in [1.54, 1.807) is 0 Å². The summed E-state index contributed by atoms with van der Waals surface area (Å²) in [5.74, 6) is 0. The smallest absolute Gasteiger partial charge is 0.187 e. The van der Waals surface area contributed by atoms with E-state index in [9.17, 15) is 0 Å². The van der Waals surface area contributed by atoms with E-state index in [0.29, 0.717) is 5.69 Å². The third-order valence-electron chi connectivity index (χ3n) is 6.85. The molecule has 0 amide bonds. The van der Waals surface area contributed by atoms with E-state index < -0.39 is 0 Å². The number of aryl methyl sites for hydroxylation is 3. The van der Waals surface area contributed by atoms with Crippen LogP contribution in [0.25, 0.3) is 27.1 Å². The summed E-state index contributed by atoms with van der Waals surface area (Å²) < 4.78 is 0. The molecule has 4 aromatic rings. The molecule has 142 valence electrons. The van der Waals surface area contributed by atoms with Crippen LogP contribution >= 0.6 is 0 Å². The minimum absolute atomic E-state index is 0.361. The molecule has 30 heavy (non-hydrogen) atoms. The molecule has 1 heteroatoms. The van der Waals surface area contributed by atoms with Crippen molar-refractivity contribution in [2.24, 2.45) is 0 Å². The molecule has 0 saturated carbocycles. The molecule has 1 spiro atoms. The predicted octanol–water partition coefficient (Wildman–Crippen LogP) is 7.51. The van der Waals surface area contributed by atoms with Crippen molar-refractivity contribution >= 4 is 5.69 Å². The second-order valence-corrected chi connectivity index (χ2v) is 8.74.